The van der Waals surface area contributed by atoms with E-state index in [1.54, 1.807) is 33.8 Å². The molecule has 2 saturated carbocycles. The van der Waals surface area contributed by atoms with Gasteiger partial charge in [-0.05, 0) is 31.4 Å². The smallest absolute Gasteiger partial charge is 0.309 e. The summed E-state index contributed by atoms with van der Waals surface area (Å²) in [5.41, 5.74) is -5.46. The van der Waals surface area contributed by atoms with Crippen molar-refractivity contribution in [2.75, 3.05) is 7.11 Å². The Bertz CT molecular complexity index is 1490. The summed E-state index contributed by atoms with van der Waals surface area (Å²) < 4.78 is 41.0. The second-order valence-corrected chi connectivity index (χ2v) is 13.7. The van der Waals surface area contributed by atoms with Gasteiger partial charge in [-0.2, -0.15) is 0 Å². The standard InChI is InChI=1S/C33H40O13/c1-15-23-25(39)31(7)20(12-21(37)40-9)30(5,6)28(44-18(4)36)24(42-16(2)34)29(31)46-33(15)13-22(38)45-26(19-10-11-41-14-19)32(33,8)27(23)43-17(3)35/h10-11,14,20,23-24,26-29H,1,12-13H2,2-9H3. The number of rotatable bonds is 6. The lowest BCUT2D eigenvalue weighted by Gasteiger charge is -2.61. The number of furan rings is 1. The van der Waals surface area contributed by atoms with Crippen molar-refractivity contribution in [2.45, 2.75) is 97.4 Å². The van der Waals surface area contributed by atoms with Crippen LogP contribution in [0.2, 0.25) is 0 Å². The Morgan fingerprint density at radius 2 is 1.57 bits per heavy atom. The van der Waals surface area contributed by atoms with E-state index in [0.717, 1.165) is 0 Å². The number of fused-ring (bicyclic) bond motifs is 2. The Morgan fingerprint density at radius 3 is 2.11 bits per heavy atom. The van der Waals surface area contributed by atoms with Crippen LogP contribution in [0.5, 0.6) is 0 Å². The highest BCUT2D eigenvalue weighted by atomic mass is 16.6. The van der Waals surface area contributed by atoms with Crippen molar-refractivity contribution in [3.8, 4) is 0 Å². The van der Waals surface area contributed by atoms with Gasteiger partial charge in [-0.1, -0.05) is 20.4 Å². The summed E-state index contributed by atoms with van der Waals surface area (Å²) >= 11 is 0. The van der Waals surface area contributed by atoms with E-state index < -0.39 is 106 Å². The second-order valence-electron chi connectivity index (χ2n) is 13.7. The average molecular weight is 645 g/mol. The number of hydrogen-bond acceptors (Lipinski definition) is 13. The van der Waals surface area contributed by atoms with Crippen LogP contribution in [-0.2, 0) is 57.2 Å². The van der Waals surface area contributed by atoms with E-state index >= 15 is 4.79 Å². The third kappa shape index (κ3) is 4.52. The van der Waals surface area contributed by atoms with E-state index in [9.17, 15) is 24.0 Å². The first kappa shape index (κ1) is 33.4. The van der Waals surface area contributed by atoms with Crippen LogP contribution < -0.4 is 0 Å². The van der Waals surface area contributed by atoms with Gasteiger partial charge in [0, 0.05) is 31.7 Å². The van der Waals surface area contributed by atoms with Crippen LogP contribution in [-0.4, -0.2) is 72.8 Å². The third-order valence-electron chi connectivity index (χ3n) is 10.9. The molecule has 0 radical (unpaired) electrons. The van der Waals surface area contributed by atoms with Crippen molar-refractivity contribution >= 4 is 35.6 Å². The Kier molecular flexibility index (Phi) is 8.03. The lowest BCUT2D eigenvalue weighted by molar-refractivity contribution is -0.299. The molecule has 0 aromatic carbocycles. The van der Waals surface area contributed by atoms with Gasteiger partial charge in [-0.25, -0.2) is 0 Å². The number of ether oxygens (including phenoxy) is 6. The van der Waals surface area contributed by atoms with Gasteiger partial charge in [-0.3, -0.25) is 28.8 Å². The number of hydrogen-bond donors (Lipinski definition) is 0. The summed E-state index contributed by atoms with van der Waals surface area (Å²) in [5.74, 6) is -6.16. The molecule has 13 nitrogen and oxygen atoms in total. The zero-order valence-corrected chi connectivity index (χ0v) is 27.2. The average Bonchev–Trinajstić information content (AvgIpc) is 3.53. The lowest BCUT2D eigenvalue weighted by atomic mass is 9.49. The monoisotopic (exact) mass is 644 g/mol. The second kappa shape index (κ2) is 11.1. The molecule has 2 aliphatic carbocycles. The highest BCUT2D eigenvalue weighted by Crippen LogP contribution is 2.71. The molecule has 1 aromatic rings. The number of carbonyl (C=O) groups excluding carboxylic acids is 6. The number of carbonyl (C=O) groups is 6. The van der Waals surface area contributed by atoms with Gasteiger partial charge in [0.25, 0.3) is 0 Å². The van der Waals surface area contributed by atoms with Crippen LogP contribution in [0.4, 0.5) is 0 Å². The zero-order valence-electron chi connectivity index (χ0n) is 27.2. The van der Waals surface area contributed by atoms with Gasteiger partial charge in [0.1, 0.15) is 30.0 Å². The molecule has 5 rings (SSSR count). The number of methoxy groups -OCH3 is 1. The minimum Gasteiger partial charge on any atom is -0.472 e. The van der Waals surface area contributed by atoms with Crippen LogP contribution in [0.25, 0.3) is 0 Å². The highest BCUT2D eigenvalue weighted by molar-refractivity contribution is 5.94. The summed E-state index contributed by atoms with van der Waals surface area (Å²) in [4.78, 5) is 79.7. The van der Waals surface area contributed by atoms with Gasteiger partial charge in [-0.15, -0.1) is 0 Å². The molecule has 4 fully saturated rings. The van der Waals surface area contributed by atoms with Crippen molar-refractivity contribution < 1.29 is 61.6 Å². The van der Waals surface area contributed by atoms with E-state index in [2.05, 4.69) is 6.58 Å². The predicted octanol–water partition coefficient (Wildman–Crippen LogP) is 3.19. The van der Waals surface area contributed by atoms with Crippen LogP contribution in [0.1, 0.15) is 73.0 Å². The summed E-state index contributed by atoms with van der Waals surface area (Å²) in [7, 11) is 1.21. The first-order valence-electron chi connectivity index (χ1n) is 15.1. The molecule has 2 aliphatic heterocycles. The number of cyclic esters (lactones) is 1. The van der Waals surface area contributed by atoms with Crippen molar-refractivity contribution in [3.05, 3.63) is 36.3 Å². The molecular formula is C33H40O13. The Morgan fingerprint density at radius 1 is 0.957 bits per heavy atom. The maximum Gasteiger partial charge on any atom is 0.309 e. The third-order valence-corrected chi connectivity index (χ3v) is 10.9. The fourth-order valence-electron chi connectivity index (χ4n) is 8.85. The van der Waals surface area contributed by atoms with Crippen molar-refractivity contribution in [1.29, 1.82) is 0 Å². The van der Waals surface area contributed by atoms with Crippen LogP contribution in [0, 0.1) is 28.1 Å². The van der Waals surface area contributed by atoms with E-state index in [1.807, 2.05) is 0 Å². The zero-order chi connectivity index (χ0) is 34.1. The Labute approximate surface area is 266 Å². The molecule has 10 atom stereocenters. The van der Waals surface area contributed by atoms with Gasteiger partial charge in [0.05, 0.1) is 49.2 Å². The molecule has 2 bridgehead atoms. The minimum atomic E-state index is -1.73. The lowest BCUT2D eigenvalue weighted by Crippen LogP contribution is -2.72. The maximum absolute atomic E-state index is 15.4. The van der Waals surface area contributed by atoms with E-state index in [0.29, 0.717) is 5.56 Å². The van der Waals surface area contributed by atoms with Crippen molar-refractivity contribution in [2.24, 2.45) is 28.1 Å². The normalized spacial score (nSPS) is 39.2. The topological polar surface area (TPSA) is 171 Å². The number of esters is 5. The number of Topliss-reactive ketones (excluding diaryl/α,β-unsaturated/α-hetero) is 1. The molecule has 2 saturated heterocycles. The highest BCUT2D eigenvalue weighted by Gasteiger charge is 2.81. The molecule has 0 amide bonds. The molecule has 13 heteroatoms. The molecule has 0 N–H and O–H groups in total. The number of ketones is 1. The summed E-state index contributed by atoms with van der Waals surface area (Å²) in [6.45, 7) is 14.6. The molecule has 4 aliphatic rings. The minimum absolute atomic E-state index is 0.173. The first-order valence-corrected chi connectivity index (χ1v) is 15.1. The van der Waals surface area contributed by atoms with E-state index in [4.69, 9.17) is 32.8 Å². The summed E-state index contributed by atoms with van der Waals surface area (Å²) in [6.07, 6.45) is -4.29. The van der Waals surface area contributed by atoms with Gasteiger partial charge >= 0.3 is 29.8 Å². The maximum atomic E-state index is 15.4. The van der Waals surface area contributed by atoms with E-state index in [1.165, 1.54) is 40.4 Å². The largest absolute Gasteiger partial charge is 0.472 e. The van der Waals surface area contributed by atoms with Gasteiger partial charge < -0.3 is 32.8 Å². The fourth-order valence-corrected chi connectivity index (χ4v) is 8.85. The van der Waals surface area contributed by atoms with Crippen molar-refractivity contribution in [3.63, 3.8) is 0 Å². The molecule has 46 heavy (non-hydrogen) atoms. The summed E-state index contributed by atoms with van der Waals surface area (Å²) in [6, 6.07) is 1.59. The Balaban J connectivity index is 1.84. The molecule has 10 unspecified atom stereocenters. The van der Waals surface area contributed by atoms with Crippen LogP contribution in [0.3, 0.4) is 0 Å². The van der Waals surface area contributed by atoms with E-state index in [-0.39, 0.29) is 12.0 Å². The Hall–Kier alpha value is -4.00. The molecule has 250 valence electrons. The molecule has 1 aromatic heterocycles. The molecule has 1 spiro atoms. The fraction of sp³-hybridized carbons (Fsp3) is 0.636. The first-order chi connectivity index (χ1) is 21.4. The predicted molar refractivity (Wildman–Crippen MR) is 154 cm³/mol. The van der Waals surface area contributed by atoms with Gasteiger partial charge in [0.15, 0.2) is 11.9 Å². The SMILES string of the molecule is C=C1C2C(=O)C3(C)C(OC14CC(=O)OC(c1ccoc1)C4(C)C2OC(C)=O)C(OC(C)=O)C(OC(C)=O)C(C)(C)C3CC(=O)OC. The van der Waals surface area contributed by atoms with Crippen molar-refractivity contribution in [1.82, 2.24) is 0 Å². The quantitative estimate of drug-likeness (QED) is 0.251. The van der Waals surface area contributed by atoms with Gasteiger partial charge in [0.2, 0.25) is 0 Å². The van der Waals surface area contributed by atoms with Crippen LogP contribution >= 0.6 is 0 Å². The summed E-state index contributed by atoms with van der Waals surface area (Å²) in [5, 5.41) is 0. The van der Waals surface area contributed by atoms with Crippen LogP contribution in [0.15, 0.2) is 35.2 Å². The molecular weight excluding hydrogens is 604 g/mol. The molecule has 3 heterocycles.